The maximum absolute atomic E-state index is 12.5. The molecule has 6 nitrogen and oxygen atoms in total. The van der Waals surface area contributed by atoms with Crippen LogP contribution in [-0.4, -0.2) is 39.0 Å². The molecule has 7 heteroatoms. The summed E-state index contributed by atoms with van der Waals surface area (Å²) >= 11 is 1.28. The minimum atomic E-state index is -0.671. The van der Waals surface area contributed by atoms with Gasteiger partial charge in [-0.05, 0) is 26.2 Å². The van der Waals surface area contributed by atoms with Crippen molar-refractivity contribution >= 4 is 28.3 Å². The van der Waals surface area contributed by atoms with Gasteiger partial charge in [-0.15, -0.1) is 16.8 Å². The summed E-state index contributed by atoms with van der Waals surface area (Å²) in [5.74, 6) is -1.22. The summed E-state index contributed by atoms with van der Waals surface area (Å²) in [6.45, 7) is 7.58. The number of amides is 2. The molecule has 2 amide bonds. The number of carbonyl (C=O) groups excluding carboxylic acids is 2. The first kappa shape index (κ1) is 16.4. The SMILES string of the molecule is C=CC[C@@H]1CC=C[C@@H](C)N1C(=O)C(=O)Nc1nnc(CC)s1. The number of nitrogens with zero attached hydrogens (tertiary/aromatic N) is 3. The molecule has 22 heavy (non-hydrogen) atoms. The maximum Gasteiger partial charge on any atom is 0.315 e. The number of anilines is 1. The van der Waals surface area contributed by atoms with E-state index in [0.29, 0.717) is 11.6 Å². The van der Waals surface area contributed by atoms with E-state index < -0.39 is 11.8 Å². The zero-order chi connectivity index (χ0) is 16.1. The fourth-order valence-electron chi connectivity index (χ4n) is 2.44. The standard InChI is InChI=1S/C15H20N4O2S/c1-4-7-11-9-6-8-10(3)19(11)14(21)13(20)16-15-18-17-12(5-2)22-15/h4,6,8,10-11H,1,5,7,9H2,2-3H3,(H,16,18,20)/t10-,11-/m1/s1. The molecule has 0 aromatic carbocycles. The van der Waals surface area contributed by atoms with Crippen molar-refractivity contribution in [3.8, 4) is 0 Å². The van der Waals surface area contributed by atoms with E-state index in [4.69, 9.17) is 0 Å². The lowest BCUT2D eigenvalue weighted by molar-refractivity contribution is -0.146. The van der Waals surface area contributed by atoms with Crippen LogP contribution in [-0.2, 0) is 16.0 Å². The van der Waals surface area contributed by atoms with Crippen molar-refractivity contribution in [2.24, 2.45) is 0 Å². The lowest BCUT2D eigenvalue weighted by Crippen LogP contribution is -2.51. The Morgan fingerprint density at radius 1 is 1.55 bits per heavy atom. The van der Waals surface area contributed by atoms with Crippen LogP contribution in [0.5, 0.6) is 0 Å². The van der Waals surface area contributed by atoms with Gasteiger partial charge in [-0.1, -0.05) is 36.5 Å². The van der Waals surface area contributed by atoms with Crippen LogP contribution in [0.15, 0.2) is 24.8 Å². The van der Waals surface area contributed by atoms with Gasteiger partial charge >= 0.3 is 11.8 Å². The lowest BCUT2D eigenvalue weighted by Gasteiger charge is -2.36. The number of rotatable bonds is 4. The average molecular weight is 320 g/mol. The molecule has 2 rings (SSSR count). The van der Waals surface area contributed by atoms with Gasteiger partial charge in [0.05, 0.1) is 0 Å². The Morgan fingerprint density at radius 2 is 2.32 bits per heavy atom. The van der Waals surface area contributed by atoms with Gasteiger partial charge in [-0.3, -0.25) is 14.9 Å². The van der Waals surface area contributed by atoms with Crippen LogP contribution < -0.4 is 5.32 Å². The Bertz CT molecular complexity index is 596. The van der Waals surface area contributed by atoms with E-state index in [-0.39, 0.29) is 12.1 Å². The number of nitrogens with one attached hydrogen (secondary N) is 1. The van der Waals surface area contributed by atoms with Gasteiger partial charge in [0.2, 0.25) is 5.13 Å². The van der Waals surface area contributed by atoms with Gasteiger partial charge in [0.1, 0.15) is 5.01 Å². The molecule has 0 unspecified atom stereocenters. The monoisotopic (exact) mass is 320 g/mol. The molecule has 118 valence electrons. The van der Waals surface area contributed by atoms with Gasteiger partial charge < -0.3 is 4.90 Å². The second kappa shape index (κ2) is 7.31. The van der Waals surface area contributed by atoms with E-state index >= 15 is 0 Å². The molecule has 2 atom stereocenters. The van der Waals surface area contributed by atoms with E-state index in [0.717, 1.165) is 17.8 Å². The van der Waals surface area contributed by atoms with E-state index in [1.165, 1.54) is 11.3 Å². The summed E-state index contributed by atoms with van der Waals surface area (Å²) < 4.78 is 0. The third-order valence-electron chi connectivity index (χ3n) is 3.51. The summed E-state index contributed by atoms with van der Waals surface area (Å²) in [6.07, 6.45) is 7.88. The van der Waals surface area contributed by atoms with E-state index in [1.807, 2.05) is 26.0 Å². The molecule has 0 bridgehead atoms. The summed E-state index contributed by atoms with van der Waals surface area (Å²) in [7, 11) is 0. The summed E-state index contributed by atoms with van der Waals surface area (Å²) in [4.78, 5) is 26.3. The third kappa shape index (κ3) is 3.59. The van der Waals surface area contributed by atoms with Crippen LogP contribution in [0.25, 0.3) is 0 Å². The molecule has 1 aliphatic heterocycles. The Morgan fingerprint density at radius 3 is 2.95 bits per heavy atom. The number of hydrogen-bond acceptors (Lipinski definition) is 5. The van der Waals surface area contributed by atoms with Crippen LogP contribution in [0, 0.1) is 0 Å². The molecule has 0 aliphatic carbocycles. The lowest BCUT2D eigenvalue weighted by atomic mass is 10.00. The van der Waals surface area contributed by atoms with Crippen molar-refractivity contribution in [3.05, 3.63) is 29.8 Å². The largest absolute Gasteiger partial charge is 0.325 e. The highest BCUT2D eigenvalue weighted by atomic mass is 32.1. The first-order valence-electron chi connectivity index (χ1n) is 7.30. The molecule has 0 spiro atoms. The first-order valence-corrected chi connectivity index (χ1v) is 8.12. The molecule has 1 aromatic heterocycles. The zero-order valence-electron chi connectivity index (χ0n) is 12.8. The molecular weight excluding hydrogens is 300 g/mol. The second-order valence-corrected chi connectivity index (χ2v) is 6.17. The van der Waals surface area contributed by atoms with E-state index in [1.54, 1.807) is 11.0 Å². The molecule has 1 N–H and O–H groups in total. The van der Waals surface area contributed by atoms with Crippen LogP contribution in [0.4, 0.5) is 5.13 Å². The Kier molecular flexibility index (Phi) is 5.43. The Labute approximate surface area is 133 Å². The molecule has 1 aliphatic rings. The highest BCUT2D eigenvalue weighted by Gasteiger charge is 2.32. The van der Waals surface area contributed by atoms with Crippen molar-refractivity contribution in [1.29, 1.82) is 0 Å². The fraction of sp³-hybridized carbons (Fsp3) is 0.467. The van der Waals surface area contributed by atoms with Gasteiger partial charge in [0.25, 0.3) is 0 Å². The minimum absolute atomic E-state index is 0.0311. The van der Waals surface area contributed by atoms with Crippen LogP contribution in [0.3, 0.4) is 0 Å². The topological polar surface area (TPSA) is 75.2 Å². The summed E-state index contributed by atoms with van der Waals surface area (Å²) in [6, 6.07) is -0.144. The highest BCUT2D eigenvalue weighted by Crippen LogP contribution is 2.21. The van der Waals surface area contributed by atoms with Crippen LogP contribution in [0.2, 0.25) is 0 Å². The number of aryl methyl sites for hydroxylation is 1. The number of aromatic nitrogens is 2. The molecule has 0 radical (unpaired) electrons. The van der Waals surface area contributed by atoms with Gasteiger partial charge in [-0.25, -0.2) is 0 Å². The average Bonchev–Trinajstić information content (AvgIpc) is 2.95. The van der Waals surface area contributed by atoms with E-state index in [9.17, 15) is 9.59 Å². The van der Waals surface area contributed by atoms with Crippen LogP contribution >= 0.6 is 11.3 Å². The van der Waals surface area contributed by atoms with Crippen LogP contribution in [0.1, 0.15) is 31.7 Å². The molecule has 0 saturated heterocycles. The molecule has 0 saturated carbocycles. The Balaban J connectivity index is 2.08. The fourth-order valence-corrected chi connectivity index (χ4v) is 3.11. The van der Waals surface area contributed by atoms with Crippen molar-refractivity contribution in [2.45, 2.75) is 45.2 Å². The quantitative estimate of drug-likeness (QED) is 0.681. The van der Waals surface area contributed by atoms with Gasteiger partial charge in [0, 0.05) is 12.1 Å². The smallest absolute Gasteiger partial charge is 0.315 e. The predicted molar refractivity (Wildman–Crippen MR) is 86.6 cm³/mol. The molecule has 2 heterocycles. The van der Waals surface area contributed by atoms with Crippen molar-refractivity contribution in [1.82, 2.24) is 15.1 Å². The Hall–Kier alpha value is -2.02. The molecule has 1 aromatic rings. The highest BCUT2D eigenvalue weighted by molar-refractivity contribution is 7.15. The predicted octanol–water partition coefficient (Wildman–Crippen LogP) is 2.16. The minimum Gasteiger partial charge on any atom is -0.325 e. The number of carbonyl (C=O) groups is 2. The molecular formula is C15H20N4O2S. The molecule has 0 fully saturated rings. The van der Waals surface area contributed by atoms with E-state index in [2.05, 4.69) is 22.1 Å². The normalized spacial score (nSPS) is 20.7. The summed E-state index contributed by atoms with van der Waals surface area (Å²) in [5, 5.41) is 11.5. The van der Waals surface area contributed by atoms with Gasteiger partial charge in [-0.2, -0.15) is 0 Å². The van der Waals surface area contributed by atoms with Crippen molar-refractivity contribution in [2.75, 3.05) is 5.32 Å². The second-order valence-electron chi connectivity index (χ2n) is 5.10. The van der Waals surface area contributed by atoms with Gasteiger partial charge in [0.15, 0.2) is 0 Å². The zero-order valence-corrected chi connectivity index (χ0v) is 13.6. The first-order chi connectivity index (χ1) is 10.6. The third-order valence-corrected chi connectivity index (χ3v) is 4.50. The number of hydrogen-bond donors (Lipinski definition) is 1. The summed E-state index contributed by atoms with van der Waals surface area (Å²) in [5.41, 5.74) is 0. The van der Waals surface area contributed by atoms with Crippen molar-refractivity contribution in [3.63, 3.8) is 0 Å². The van der Waals surface area contributed by atoms with Crippen molar-refractivity contribution < 1.29 is 9.59 Å². The maximum atomic E-state index is 12.5.